The highest BCUT2D eigenvalue weighted by Gasteiger charge is 2.20. The van der Waals surface area contributed by atoms with Gasteiger partial charge in [0.25, 0.3) is 0 Å². The average molecular weight is 187 g/mol. The SMILES string of the molecule is CCC(C)C(C)N1CCSCC1. The molecule has 1 aliphatic heterocycles. The number of hydrogen-bond donors (Lipinski definition) is 0. The lowest BCUT2D eigenvalue weighted by molar-refractivity contribution is 0.174. The van der Waals surface area contributed by atoms with E-state index < -0.39 is 0 Å². The maximum absolute atomic E-state index is 2.64. The summed E-state index contributed by atoms with van der Waals surface area (Å²) < 4.78 is 0. The van der Waals surface area contributed by atoms with Crippen molar-refractivity contribution in [3.05, 3.63) is 0 Å². The van der Waals surface area contributed by atoms with E-state index in [0.717, 1.165) is 12.0 Å². The van der Waals surface area contributed by atoms with E-state index in [1.807, 2.05) is 0 Å². The third-order valence-corrected chi connectivity index (χ3v) is 4.03. The van der Waals surface area contributed by atoms with Gasteiger partial charge in [0.05, 0.1) is 0 Å². The van der Waals surface area contributed by atoms with Crippen LogP contribution in [-0.2, 0) is 0 Å². The summed E-state index contributed by atoms with van der Waals surface area (Å²) in [6.07, 6.45) is 1.31. The molecule has 12 heavy (non-hydrogen) atoms. The molecule has 0 saturated carbocycles. The minimum Gasteiger partial charge on any atom is -0.299 e. The van der Waals surface area contributed by atoms with E-state index in [1.54, 1.807) is 0 Å². The molecule has 0 aromatic heterocycles. The maximum atomic E-state index is 2.64. The molecule has 0 bridgehead atoms. The van der Waals surface area contributed by atoms with Gasteiger partial charge in [-0.25, -0.2) is 0 Å². The van der Waals surface area contributed by atoms with Crippen LogP contribution in [0, 0.1) is 5.92 Å². The van der Waals surface area contributed by atoms with Crippen molar-refractivity contribution >= 4 is 11.8 Å². The lowest BCUT2D eigenvalue weighted by Gasteiger charge is -2.35. The molecule has 0 radical (unpaired) electrons. The largest absolute Gasteiger partial charge is 0.299 e. The van der Waals surface area contributed by atoms with E-state index in [0.29, 0.717) is 0 Å². The number of hydrogen-bond acceptors (Lipinski definition) is 2. The zero-order chi connectivity index (χ0) is 8.97. The normalized spacial score (nSPS) is 25.2. The fraction of sp³-hybridized carbons (Fsp3) is 1.00. The summed E-state index contributed by atoms with van der Waals surface area (Å²) in [4.78, 5) is 2.64. The summed E-state index contributed by atoms with van der Waals surface area (Å²) in [5.41, 5.74) is 0. The Morgan fingerprint density at radius 1 is 1.25 bits per heavy atom. The van der Waals surface area contributed by atoms with Gasteiger partial charge >= 0.3 is 0 Å². The predicted molar refractivity (Wildman–Crippen MR) is 57.8 cm³/mol. The minimum absolute atomic E-state index is 0.788. The third kappa shape index (κ3) is 2.67. The molecule has 2 unspecified atom stereocenters. The minimum atomic E-state index is 0.788. The van der Waals surface area contributed by atoms with Gasteiger partial charge in [0.2, 0.25) is 0 Å². The molecule has 1 heterocycles. The highest BCUT2D eigenvalue weighted by Crippen LogP contribution is 2.18. The van der Waals surface area contributed by atoms with Crippen molar-refractivity contribution in [3.8, 4) is 0 Å². The van der Waals surface area contributed by atoms with Gasteiger partial charge in [-0.1, -0.05) is 20.3 Å². The molecule has 2 heteroatoms. The van der Waals surface area contributed by atoms with Crippen LogP contribution in [0.2, 0.25) is 0 Å². The van der Waals surface area contributed by atoms with Crippen LogP contribution in [0.15, 0.2) is 0 Å². The summed E-state index contributed by atoms with van der Waals surface area (Å²) >= 11 is 2.09. The second-order valence-electron chi connectivity index (χ2n) is 3.77. The zero-order valence-electron chi connectivity index (χ0n) is 8.55. The Hall–Kier alpha value is 0.310. The first-order valence-corrected chi connectivity index (χ1v) is 6.23. The van der Waals surface area contributed by atoms with Crippen molar-refractivity contribution in [1.82, 2.24) is 4.90 Å². The van der Waals surface area contributed by atoms with Crippen molar-refractivity contribution in [3.63, 3.8) is 0 Å². The Bertz CT molecular complexity index is 121. The van der Waals surface area contributed by atoms with Gasteiger partial charge in [-0.15, -0.1) is 0 Å². The standard InChI is InChI=1S/C10H21NS/c1-4-9(2)10(3)11-5-7-12-8-6-11/h9-10H,4-8H2,1-3H3. The zero-order valence-corrected chi connectivity index (χ0v) is 9.36. The molecule has 0 N–H and O–H groups in total. The molecule has 0 spiro atoms. The summed E-state index contributed by atoms with van der Waals surface area (Å²) in [7, 11) is 0. The van der Waals surface area contributed by atoms with Gasteiger partial charge < -0.3 is 0 Å². The molecule has 0 aromatic rings. The van der Waals surface area contributed by atoms with E-state index in [-0.39, 0.29) is 0 Å². The molecule has 1 nitrogen and oxygen atoms in total. The summed E-state index contributed by atoms with van der Waals surface area (Å²) in [5, 5.41) is 0. The average Bonchev–Trinajstić information content (AvgIpc) is 2.17. The Morgan fingerprint density at radius 2 is 1.83 bits per heavy atom. The van der Waals surface area contributed by atoms with Crippen molar-refractivity contribution < 1.29 is 0 Å². The van der Waals surface area contributed by atoms with E-state index in [9.17, 15) is 0 Å². The van der Waals surface area contributed by atoms with Crippen LogP contribution in [0.1, 0.15) is 27.2 Å². The molecule has 0 aliphatic carbocycles. The highest BCUT2D eigenvalue weighted by atomic mass is 32.2. The van der Waals surface area contributed by atoms with Crippen LogP contribution in [0.5, 0.6) is 0 Å². The van der Waals surface area contributed by atoms with Gasteiger partial charge in [0, 0.05) is 30.6 Å². The first-order valence-electron chi connectivity index (χ1n) is 5.07. The molecule has 1 fully saturated rings. The quantitative estimate of drug-likeness (QED) is 0.668. The molecule has 72 valence electrons. The fourth-order valence-corrected chi connectivity index (χ4v) is 2.62. The summed E-state index contributed by atoms with van der Waals surface area (Å²) in [5.74, 6) is 3.52. The lowest BCUT2D eigenvalue weighted by atomic mass is 9.99. The fourth-order valence-electron chi connectivity index (χ4n) is 1.69. The Labute approximate surface area is 80.9 Å². The van der Waals surface area contributed by atoms with Crippen LogP contribution in [0.3, 0.4) is 0 Å². The van der Waals surface area contributed by atoms with Gasteiger partial charge in [0.1, 0.15) is 0 Å². The monoisotopic (exact) mass is 187 g/mol. The molecule has 1 aliphatic rings. The summed E-state index contributed by atoms with van der Waals surface area (Å²) in [6, 6.07) is 0.788. The first kappa shape index (κ1) is 10.4. The lowest BCUT2D eigenvalue weighted by Crippen LogP contribution is -2.42. The van der Waals surface area contributed by atoms with E-state index in [1.165, 1.54) is 31.0 Å². The molecular weight excluding hydrogens is 166 g/mol. The Morgan fingerprint density at radius 3 is 2.33 bits per heavy atom. The molecule has 0 amide bonds. The second-order valence-corrected chi connectivity index (χ2v) is 5.00. The topological polar surface area (TPSA) is 3.24 Å². The number of nitrogens with zero attached hydrogens (tertiary/aromatic N) is 1. The third-order valence-electron chi connectivity index (χ3n) is 3.09. The van der Waals surface area contributed by atoms with Crippen molar-refractivity contribution in [2.24, 2.45) is 5.92 Å². The van der Waals surface area contributed by atoms with Crippen LogP contribution in [0.25, 0.3) is 0 Å². The molecule has 0 aromatic carbocycles. The predicted octanol–water partition coefficient (Wildman–Crippen LogP) is 2.47. The van der Waals surface area contributed by atoms with Gasteiger partial charge in [0.15, 0.2) is 0 Å². The van der Waals surface area contributed by atoms with Gasteiger partial charge in [-0.3, -0.25) is 4.90 Å². The Kier molecular flexibility index (Phi) is 4.44. The summed E-state index contributed by atoms with van der Waals surface area (Å²) in [6.45, 7) is 9.64. The van der Waals surface area contributed by atoms with Crippen LogP contribution in [-0.4, -0.2) is 35.5 Å². The van der Waals surface area contributed by atoms with Gasteiger partial charge in [-0.05, 0) is 12.8 Å². The van der Waals surface area contributed by atoms with Gasteiger partial charge in [-0.2, -0.15) is 11.8 Å². The first-order chi connectivity index (χ1) is 5.75. The van der Waals surface area contributed by atoms with Crippen molar-refractivity contribution in [2.45, 2.75) is 33.2 Å². The highest BCUT2D eigenvalue weighted by molar-refractivity contribution is 7.99. The smallest absolute Gasteiger partial charge is 0.00931 e. The van der Waals surface area contributed by atoms with Crippen LogP contribution in [0.4, 0.5) is 0 Å². The van der Waals surface area contributed by atoms with Crippen molar-refractivity contribution in [1.29, 1.82) is 0 Å². The number of thioether (sulfide) groups is 1. The number of rotatable bonds is 3. The van der Waals surface area contributed by atoms with E-state index in [4.69, 9.17) is 0 Å². The van der Waals surface area contributed by atoms with Crippen LogP contribution >= 0.6 is 11.8 Å². The second kappa shape index (κ2) is 5.13. The molecule has 1 saturated heterocycles. The van der Waals surface area contributed by atoms with Crippen molar-refractivity contribution in [2.75, 3.05) is 24.6 Å². The molecule has 2 atom stereocenters. The molecular formula is C10H21NS. The molecule has 1 rings (SSSR count). The van der Waals surface area contributed by atoms with Crippen LogP contribution < -0.4 is 0 Å². The maximum Gasteiger partial charge on any atom is 0.00931 e. The van der Waals surface area contributed by atoms with E-state index in [2.05, 4.69) is 37.4 Å². The van der Waals surface area contributed by atoms with E-state index >= 15 is 0 Å². The Balaban J connectivity index is 2.33.